The van der Waals surface area contributed by atoms with Gasteiger partial charge in [0.1, 0.15) is 5.82 Å². The molecule has 0 aliphatic rings. The molecule has 0 spiro atoms. The summed E-state index contributed by atoms with van der Waals surface area (Å²) in [6, 6.07) is 10.6. The first kappa shape index (κ1) is 11.7. The number of rotatable bonds is 4. The highest BCUT2D eigenvalue weighted by Crippen LogP contribution is 2.05. The quantitative estimate of drug-likeness (QED) is 0.873. The first-order valence-electron chi connectivity index (χ1n) is 5.61. The molecule has 0 aliphatic heterocycles. The van der Waals surface area contributed by atoms with Crippen LogP contribution in [0.2, 0.25) is 0 Å². The van der Waals surface area contributed by atoms with Crippen LogP contribution in [-0.2, 0) is 13.1 Å². The third-order valence-corrected chi connectivity index (χ3v) is 2.63. The number of aromatic nitrogens is 1. The molecule has 0 bridgehead atoms. The minimum atomic E-state index is -0.196. The van der Waals surface area contributed by atoms with Crippen molar-refractivity contribution in [3.63, 3.8) is 0 Å². The summed E-state index contributed by atoms with van der Waals surface area (Å²) < 4.78 is 12.9. The van der Waals surface area contributed by atoms with Crippen molar-refractivity contribution in [1.29, 1.82) is 0 Å². The lowest BCUT2D eigenvalue weighted by Crippen LogP contribution is -2.14. The van der Waals surface area contributed by atoms with Crippen LogP contribution < -0.4 is 5.32 Å². The van der Waals surface area contributed by atoms with Crippen LogP contribution in [0.5, 0.6) is 0 Å². The van der Waals surface area contributed by atoms with Gasteiger partial charge in [-0.15, -0.1) is 0 Å². The average Bonchev–Trinajstić information content (AvgIpc) is 2.32. The Kier molecular flexibility index (Phi) is 3.83. The fourth-order valence-corrected chi connectivity index (χ4v) is 1.68. The van der Waals surface area contributed by atoms with Crippen molar-refractivity contribution < 1.29 is 4.39 Å². The SMILES string of the molecule is Cc1cccnc1CNCc1cccc(F)c1. The molecule has 0 aliphatic carbocycles. The van der Waals surface area contributed by atoms with Crippen molar-refractivity contribution in [2.75, 3.05) is 0 Å². The summed E-state index contributed by atoms with van der Waals surface area (Å²) in [5, 5.41) is 3.26. The van der Waals surface area contributed by atoms with Crippen LogP contribution in [0, 0.1) is 12.7 Å². The first-order chi connectivity index (χ1) is 8.25. The summed E-state index contributed by atoms with van der Waals surface area (Å²) in [6.45, 7) is 3.38. The second-order valence-electron chi connectivity index (χ2n) is 4.00. The number of hydrogen-bond acceptors (Lipinski definition) is 2. The molecule has 1 heterocycles. The minimum absolute atomic E-state index is 0.196. The van der Waals surface area contributed by atoms with Gasteiger partial charge in [0.05, 0.1) is 5.69 Å². The zero-order chi connectivity index (χ0) is 12.1. The highest BCUT2D eigenvalue weighted by atomic mass is 19.1. The molecule has 2 rings (SSSR count). The molecule has 2 nitrogen and oxygen atoms in total. The summed E-state index contributed by atoms with van der Waals surface area (Å²) in [6.07, 6.45) is 1.78. The van der Waals surface area contributed by atoms with Crippen LogP contribution in [0.25, 0.3) is 0 Å². The largest absolute Gasteiger partial charge is 0.307 e. The third-order valence-electron chi connectivity index (χ3n) is 2.63. The van der Waals surface area contributed by atoms with Crippen LogP contribution in [-0.4, -0.2) is 4.98 Å². The van der Waals surface area contributed by atoms with E-state index in [2.05, 4.69) is 10.3 Å². The van der Waals surface area contributed by atoms with E-state index < -0.39 is 0 Å². The molecule has 0 atom stereocenters. The summed E-state index contributed by atoms with van der Waals surface area (Å²) in [5.74, 6) is -0.196. The van der Waals surface area contributed by atoms with Gasteiger partial charge in [0.15, 0.2) is 0 Å². The molecule has 3 heteroatoms. The number of pyridine rings is 1. The maximum absolute atomic E-state index is 12.9. The van der Waals surface area contributed by atoms with Crippen LogP contribution in [0.1, 0.15) is 16.8 Å². The van der Waals surface area contributed by atoms with E-state index in [-0.39, 0.29) is 5.82 Å². The molecule has 1 aromatic carbocycles. The van der Waals surface area contributed by atoms with Crippen molar-refractivity contribution >= 4 is 0 Å². The first-order valence-corrected chi connectivity index (χ1v) is 5.61. The molecular formula is C14H15FN2. The van der Waals surface area contributed by atoms with E-state index in [4.69, 9.17) is 0 Å². The van der Waals surface area contributed by atoms with Gasteiger partial charge in [0.25, 0.3) is 0 Å². The maximum atomic E-state index is 12.9. The van der Waals surface area contributed by atoms with Gasteiger partial charge in [-0.1, -0.05) is 18.2 Å². The van der Waals surface area contributed by atoms with Crippen LogP contribution in [0.3, 0.4) is 0 Å². The molecule has 1 N–H and O–H groups in total. The van der Waals surface area contributed by atoms with E-state index in [0.29, 0.717) is 13.1 Å². The lowest BCUT2D eigenvalue weighted by Gasteiger charge is -2.06. The van der Waals surface area contributed by atoms with Crippen molar-refractivity contribution in [2.45, 2.75) is 20.0 Å². The summed E-state index contributed by atoms with van der Waals surface area (Å²) in [4.78, 5) is 4.29. The Balaban J connectivity index is 1.90. The number of nitrogens with zero attached hydrogens (tertiary/aromatic N) is 1. The minimum Gasteiger partial charge on any atom is -0.307 e. The zero-order valence-electron chi connectivity index (χ0n) is 9.78. The van der Waals surface area contributed by atoms with Crippen LogP contribution in [0.4, 0.5) is 4.39 Å². The van der Waals surface area contributed by atoms with E-state index in [1.165, 1.54) is 17.7 Å². The Labute approximate surface area is 101 Å². The molecule has 0 unspecified atom stereocenters. The Bertz CT molecular complexity index is 497. The second-order valence-corrected chi connectivity index (χ2v) is 4.00. The fourth-order valence-electron chi connectivity index (χ4n) is 1.68. The summed E-state index contributed by atoms with van der Waals surface area (Å²) >= 11 is 0. The Hall–Kier alpha value is -1.74. The summed E-state index contributed by atoms with van der Waals surface area (Å²) in [5.41, 5.74) is 3.14. The fraction of sp³-hybridized carbons (Fsp3) is 0.214. The van der Waals surface area contributed by atoms with Gasteiger partial charge in [-0.2, -0.15) is 0 Å². The van der Waals surface area contributed by atoms with Gasteiger partial charge < -0.3 is 5.32 Å². The molecule has 0 saturated heterocycles. The number of benzene rings is 1. The molecule has 0 radical (unpaired) electrons. The smallest absolute Gasteiger partial charge is 0.123 e. The topological polar surface area (TPSA) is 24.9 Å². The third kappa shape index (κ3) is 3.36. The van der Waals surface area contributed by atoms with Crippen LogP contribution >= 0.6 is 0 Å². The van der Waals surface area contributed by atoms with Gasteiger partial charge >= 0.3 is 0 Å². The van der Waals surface area contributed by atoms with Crippen LogP contribution in [0.15, 0.2) is 42.6 Å². The predicted octanol–water partition coefficient (Wildman–Crippen LogP) is 2.82. The molecular weight excluding hydrogens is 215 g/mol. The van der Waals surface area contributed by atoms with Gasteiger partial charge in [-0.3, -0.25) is 4.98 Å². The van der Waals surface area contributed by atoms with Gasteiger partial charge in [-0.05, 0) is 36.2 Å². The number of aryl methyl sites for hydroxylation is 1. The van der Waals surface area contributed by atoms with Crippen molar-refractivity contribution in [1.82, 2.24) is 10.3 Å². The lowest BCUT2D eigenvalue weighted by atomic mass is 10.2. The normalized spacial score (nSPS) is 10.5. The van der Waals surface area contributed by atoms with E-state index in [0.717, 1.165) is 11.3 Å². The van der Waals surface area contributed by atoms with E-state index in [1.807, 2.05) is 25.1 Å². The predicted molar refractivity (Wildman–Crippen MR) is 65.9 cm³/mol. The molecule has 0 fully saturated rings. The Morgan fingerprint density at radius 2 is 2.06 bits per heavy atom. The molecule has 17 heavy (non-hydrogen) atoms. The number of halogens is 1. The van der Waals surface area contributed by atoms with Crippen molar-refractivity contribution in [2.24, 2.45) is 0 Å². The Morgan fingerprint density at radius 3 is 2.82 bits per heavy atom. The molecule has 88 valence electrons. The molecule has 0 saturated carbocycles. The average molecular weight is 230 g/mol. The van der Waals surface area contributed by atoms with E-state index >= 15 is 0 Å². The van der Waals surface area contributed by atoms with Gasteiger partial charge in [0, 0.05) is 19.3 Å². The lowest BCUT2D eigenvalue weighted by molar-refractivity contribution is 0.619. The summed E-state index contributed by atoms with van der Waals surface area (Å²) in [7, 11) is 0. The van der Waals surface area contributed by atoms with E-state index in [1.54, 1.807) is 12.3 Å². The molecule has 1 aromatic heterocycles. The maximum Gasteiger partial charge on any atom is 0.123 e. The highest BCUT2D eigenvalue weighted by Gasteiger charge is 1.99. The van der Waals surface area contributed by atoms with E-state index in [9.17, 15) is 4.39 Å². The van der Waals surface area contributed by atoms with Crippen molar-refractivity contribution in [3.05, 3.63) is 65.2 Å². The van der Waals surface area contributed by atoms with Gasteiger partial charge in [-0.25, -0.2) is 4.39 Å². The zero-order valence-corrected chi connectivity index (χ0v) is 9.78. The van der Waals surface area contributed by atoms with Crippen molar-refractivity contribution in [3.8, 4) is 0 Å². The Morgan fingerprint density at radius 1 is 1.18 bits per heavy atom. The molecule has 0 amide bonds. The monoisotopic (exact) mass is 230 g/mol. The highest BCUT2D eigenvalue weighted by molar-refractivity contribution is 5.18. The molecule has 2 aromatic rings. The standard InChI is InChI=1S/C14H15FN2/c1-11-4-3-7-17-14(11)10-16-9-12-5-2-6-13(15)8-12/h2-8,16H,9-10H2,1H3. The number of nitrogens with one attached hydrogen (secondary N) is 1. The second kappa shape index (κ2) is 5.55. The number of hydrogen-bond donors (Lipinski definition) is 1. The van der Waals surface area contributed by atoms with Gasteiger partial charge in [0.2, 0.25) is 0 Å².